The average molecular weight is 305 g/mol. The van der Waals surface area contributed by atoms with Gasteiger partial charge in [0.05, 0.1) is 13.2 Å². The minimum absolute atomic E-state index is 0.0000162. The first-order chi connectivity index (χ1) is 11.1. The monoisotopic (exact) mass is 305 g/mol. The third-order valence-corrected chi connectivity index (χ3v) is 4.44. The van der Waals surface area contributed by atoms with Gasteiger partial charge in [-0.25, -0.2) is 0 Å². The molecule has 0 aliphatic carbocycles. The highest BCUT2D eigenvalue weighted by Crippen LogP contribution is 2.46. The molecule has 0 spiro atoms. The van der Waals surface area contributed by atoms with Gasteiger partial charge in [0.25, 0.3) is 0 Å². The van der Waals surface area contributed by atoms with Crippen LogP contribution in [0, 0.1) is 17.8 Å². The van der Waals surface area contributed by atoms with E-state index in [-0.39, 0.29) is 11.5 Å². The van der Waals surface area contributed by atoms with Crippen LogP contribution in [-0.2, 0) is 6.54 Å². The minimum atomic E-state index is -0.0000162. The average Bonchev–Trinajstić information content (AvgIpc) is 2.55. The van der Waals surface area contributed by atoms with Gasteiger partial charge in [0.15, 0.2) is 0 Å². The normalized spacial score (nSPS) is 18.8. The molecular formula is C21H23NO. The maximum Gasteiger partial charge on any atom is 0.124 e. The molecule has 2 aromatic carbocycles. The van der Waals surface area contributed by atoms with Gasteiger partial charge in [-0.3, -0.25) is 4.90 Å². The fourth-order valence-corrected chi connectivity index (χ4v) is 3.47. The van der Waals surface area contributed by atoms with Crippen LogP contribution in [0.3, 0.4) is 0 Å². The number of terminal acetylenes is 1. The van der Waals surface area contributed by atoms with E-state index in [2.05, 4.69) is 61.1 Å². The van der Waals surface area contributed by atoms with Crippen LogP contribution < -0.4 is 4.74 Å². The van der Waals surface area contributed by atoms with Gasteiger partial charge in [0, 0.05) is 23.6 Å². The Labute approximate surface area is 139 Å². The summed E-state index contributed by atoms with van der Waals surface area (Å²) in [7, 11) is 0. The zero-order valence-corrected chi connectivity index (χ0v) is 13.8. The van der Waals surface area contributed by atoms with Crippen molar-refractivity contribution in [2.75, 3.05) is 13.2 Å². The number of hydrogen-bond acceptors (Lipinski definition) is 2. The molecule has 1 atom stereocenters. The van der Waals surface area contributed by atoms with Crippen molar-refractivity contribution in [3.05, 3.63) is 65.7 Å². The number of nitrogens with zero attached hydrogens (tertiary/aromatic N) is 1. The Bertz CT molecular complexity index is 699. The third-order valence-electron chi connectivity index (χ3n) is 4.44. The van der Waals surface area contributed by atoms with Crippen molar-refractivity contribution in [1.29, 1.82) is 0 Å². The molecule has 1 aliphatic rings. The summed E-state index contributed by atoms with van der Waals surface area (Å²) in [5.41, 5.74) is 2.51. The number of hydrogen-bond donors (Lipinski definition) is 0. The second kappa shape index (κ2) is 6.48. The van der Waals surface area contributed by atoms with E-state index in [9.17, 15) is 0 Å². The lowest BCUT2D eigenvalue weighted by atomic mass is 9.78. The van der Waals surface area contributed by atoms with Gasteiger partial charge in [-0.15, -0.1) is 6.42 Å². The van der Waals surface area contributed by atoms with Gasteiger partial charge < -0.3 is 4.74 Å². The Morgan fingerprint density at radius 2 is 1.83 bits per heavy atom. The Balaban J connectivity index is 1.98. The second-order valence-corrected chi connectivity index (χ2v) is 6.81. The van der Waals surface area contributed by atoms with E-state index >= 15 is 0 Å². The first kappa shape index (κ1) is 15.6. The Morgan fingerprint density at radius 3 is 2.57 bits per heavy atom. The lowest BCUT2D eigenvalue weighted by Gasteiger charge is -2.45. The van der Waals surface area contributed by atoms with Crippen molar-refractivity contribution >= 4 is 0 Å². The highest BCUT2D eigenvalue weighted by atomic mass is 16.5. The van der Waals surface area contributed by atoms with Crippen LogP contribution in [0.15, 0.2) is 54.6 Å². The first-order valence-electron chi connectivity index (χ1n) is 8.05. The summed E-state index contributed by atoms with van der Waals surface area (Å²) in [6, 6.07) is 19.1. The number of benzene rings is 2. The number of rotatable bonds is 4. The molecule has 0 N–H and O–H groups in total. The largest absolute Gasteiger partial charge is 0.493 e. The molecule has 0 saturated carbocycles. The summed E-state index contributed by atoms with van der Waals surface area (Å²) in [5.74, 6) is 3.82. The zero-order chi connectivity index (χ0) is 16.3. The number of para-hydroxylation sites is 1. The van der Waals surface area contributed by atoms with Crippen molar-refractivity contribution in [2.45, 2.75) is 26.4 Å². The van der Waals surface area contributed by atoms with Crippen molar-refractivity contribution < 1.29 is 4.74 Å². The van der Waals surface area contributed by atoms with Crippen LogP contribution in [0.4, 0.5) is 0 Å². The molecule has 2 aromatic rings. The zero-order valence-electron chi connectivity index (χ0n) is 13.8. The van der Waals surface area contributed by atoms with Gasteiger partial charge in [-0.1, -0.05) is 68.3 Å². The van der Waals surface area contributed by atoms with Gasteiger partial charge in [-0.2, -0.15) is 0 Å². The predicted molar refractivity (Wildman–Crippen MR) is 94.1 cm³/mol. The number of ether oxygens (including phenoxy) is 1. The molecule has 0 aromatic heterocycles. The summed E-state index contributed by atoms with van der Waals surface area (Å²) >= 11 is 0. The Morgan fingerprint density at radius 1 is 1.13 bits per heavy atom. The summed E-state index contributed by atoms with van der Waals surface area (Å²) < 4.78 is 5.97. The van der Waals surface area contributed by atoms with Gasteiger partial charge >= 0.3 is 0 Å². The minimum Gasteiger partial charge on any atom is -0.493 e. The molecule has 0 saturated heterocycles. The van der Waals surface area contributed by atoms with Gasteiger partial charge in [0.1, 0.15) is 5.75 Å². The van der Waals surface area contributed by atoms with Crippen LogP contribution in [-0.4, -0.2) is 18.1 Å². The molecule has 0 bridgehead atoms. The summed E-state index contributed by atoms with van der Waals surface area (Å²) in [6.07, 6.45) is 5.68. The van der Waals surface area contributed by atoms with Crippen molar-refractivity contribution in [2.24, 2.45) is 5.41 Å². The lowest BCUT2D eigenvalue weighted by molar-refractivity contribution is 0.0270. The molecule has 0 fully saturated rings. The van der Waals surface area contributed by atoms with Crippen molar-refractivity contribution in [3.63, 3.8) is 0 Å². The Hall–Kier alpha value is -2.24. The van der Waals surface area contributed by atoms with E-state index in [1.54, 1.807) is 0 Å². The van der Waals surface area contributed by atoms with Crippen LogP contribution >= 0.6 is 0 Å². The summed E-state index contributed by atoms with van der Waals surface area (Å²) in [6.45, 7) is 6.67. The van der Waals surface area contributed by atoms with E-state index in [1.165, 1.54) is 11.1 Å². The maximum absolute atomic E-state index is 5.97. The smallest absolute Gasteiger partial charge is 0.124 e. The van der Waals surface area contributed by atoms with Crippen molar-refractivity contribution in [3.8, 4) is 18.1 Å². The van der Waals surface area contributed by atoms with E-state index in [0.717, 1.165) is 12.3 Å². The van der Waals surface area contributed by atoms with E-state index in [4.69, 9.17) is 11.2 Å². The molecule has 23 heavy (non-hydrogen) atoms. The number of fused-ring (bicyclic) bond motifs is 1. The molecule has 2 heteroatoms. The molecule has 1 unspecified atom stereocenters. The highest BCUT2D eigenvalue weighted by molar-refractivity contribution is 5.39. The van der Waals surface area contributed by atoms with E-state index in [1.807, 2.05) is 18.2 Å². The molecule has 3 rings (SSSR count). The summed E-state index contributed by atoms with van der Waals surface area (Å²) in [4.78, 5) is 2.39. The quantitative estimate of drug-likeness (QED) is 0.782. The summed E-state index contributed by atoms with van der Waals surface area (Å²) in [5, 5.41) is 0. The van der Waals surface area contributed by atoms with Crippen LogP contribution in [0.5, 0.6) is 5.75 Å². The van der Waals surface area contributed by atoms with E-state index in [0.29, 0.717) is 13.2 Å². The van der Waals surface area contributed by atoms with Crippen molar-refractivity contribution in [1.82, 2.24) is 4.90 Å². The standard InChI is InChI=1S/C21H23NO/c1-4-14-22(15-17-10-6-5-7-11-17)20-18-12-8-9-13-19(18)23-16-21(20,2)3/h1,5-13,20H,14-16H2,2-3H3. The van der Waals surface area contributed by atoms with Gasteiger partial charge in [0.2, 0.25) is 0 Å². The molecule has 1 aliphatic heterocycles. The fourth-order valence-electron chi connectivity index (χ4n) is 3.47. The molecule has 0 radical (unpaired) electrons. The molecule has 2 nitrogen and oxygen atoms in total. The molecular weight excluding hydrogens is 282 g/mol. The highest BCUT2D eigenvalue weighted by Gasteiger charge is 2.40. The second-order valence-electron chi connectivity index (χ2n) is 6.81. The van der Waals surface area contributed by atoms with Crippen LogP contribution in [0.2, 0.25) is 0 Å². The SMILES string of the molecule is C#CCN(Cc1ccccc1)C1c2ccccc2OCC1(C)C. The predicted octanol–water partition coefficient (Wildman–Crippen LogP) is 4.28. The van der Waals surface area contributed by atoms with E-state index < -0.39 is 0 Å². The molecule has 0 amide bonds. The fraction of sp³-hybridized carbons (Fsp3) is 0.333. The topological polar surface area (TPSA) is 12.5 Å². The Kier molecular flexibility index (Phi) is 4.41. The maximum atomic E-state index is 5.97. The lowest BCUT2D eigenvalue weighted by Crippen LogP contribution is -2.44. The molecule has 1 heterocycles. The first-order valence-corrected chi connectivity index (χ1v) is 8.05. The van der Waals surface area contributed by atoms with Gasteiger partial charge in [-0.05, 0) is 11.6 Å². The van der Waals surface area contributed by atoms with Crippen LogP contribution in [0.1, 0.15) is 31.0 Å². The van der Waals surface area contributed by atoms with Crippen LogP contribution in [0.25, 0.3) is 0 Å². The molecule has 118 valence electrons. The third kappa shape index (κ3) is 3.25.